The van der Waals surface area contributed by atoms with Crippen molar-refractivity contribution in [2.75, 3.05) is 11.6 Å². The highest BCUT2D eigenvalue weighted by atomic mass is 32.2. The van der Waals surface area contributed by atoms with Crippen molar-refractivity contribution in [1.82, 2.24) is 9.78 Å². The first-order valence-corrected chi connectivity index (χ1v) is 10.4. The predicted octanol–water partition coefficient (Wildman–Crippen LogP) is 2.82. The molecule has 1 amide bonds. The zero-order valence-corrected chi connectivity index (χ0v) is 16.0. The molecule has 1 N–H and O–H groups in total. The van der Waals surface area contributed by atoms with E-state index in [0.717, 1.165) is 23.1 Å². The second-order valence-corrected chi connectivity index (χ2v) is 8.47. The minimum absolute atomic E-state index is 0.152. The number of hydrogen-bond donors (Lipinski definition) is 1. The van der Waals surface area contributed by atoms with Gasteiger partial charge in [0, 0.05) is 12.3 Å². The number of sulfone groups is 1. The predicted molar refractivity (Wildman–Crippen MR) is 104 cm³/mol. The van der Waals surface area contributed by atoms with Crippen LogP contribution in [0.4, 0.5) is 5.82 Å². The second kappa shape index (κ2) is 7.75. The van der Waals surface area contributed by atoms with E-state index in [9.17, 15) is 13.2 Å². The van der Waals surface area contributed by atoms with Crippen LogP contribution in [0.1, 0.15) is 16.8 Å². The number of hydrogen-bond acceptors (Lipinski definition) is 4. The first kappa shape index (κ1) is 18.8. The van der Waals surface area contributed by atoms with Gasteiger partial charge < -0.3 is 5.32 Å². The molecule has 1 heterocycles. The number of nitrogens with zero attached hydrogens (tertiary/aromatic N) is 2. The van der Waals surface area contributed by atoms with Crippen LogP contribution < -0.4 is 5.32 Å². The molecule has 0 fully saturated rings. The summed E-state index contributed by atoms with van der Waals surface area (Å²) in [6.45, 7) is 2.44. The van der Waals surface area contributed by atoms with Gasteiger partial charge in [-0.2, -0.15) is 5.10 Å². The molecule has 0 aliphatic rings. The van der Waals surface area contributed by atoms with Gasteiger partial charge >= 0.3 is 0 Å². The molecule has 0 radical (unpaired) electrons. The van der Waals surface area contributed by atoms with E-state index in [1.54, 1.807) is 16.8 Å². The van der Waals surface area contributed by atoms with Gasteiger partial charge in [0.2, 0.25) is 5.91 Å². The monoisotopic (exact) mass is 383 g/mol. The molecule has 0 unspecified atom stereocenters. The van der Waals surface area contributed by atoms with Crippen molar-refractivity contribution >= 4 is 21.6 Å². The SMILES string of the molecule is Cc1cc(NC(=O)Cc2ccc(S(C)(=O)=O)cc2)n(Cc2ccccc2)n1. The maximum Gasteiger partial charge on any atom is 0.229 e. The molecule has 0 aliphatic carbocycles. The van der Waals surface area contributed by atoms with E-state index in [1.165, 1.54) is 12.1 Å². The lowest BCUT2D eigenvalue weighted by molar-refractivity contribution is -0.115. The van der Waals surface area contributed by atoms with E-state index < -0.39 is 9.84 Å². The van der Waals surface area contributed by atoms with Gasteiger partial charge in [0.1, 0.15) is 5.82 Å². The second-order valence-electron chi connectivity index (χ2n) is 6.46. The third-order valence-electron chi connectivity index (χ3n) is 4.06. The van der Waals surface area contributed by atoms with E-state index in [1.807, 2.05) is 43.3 Å². The molecule has 0 saturated heterocycles. The Morgan fingerprint density at radius 3 is 2.33 bits per heavy atom. The number of aromatic nitrogens is 2. The Balaban J connectivity index is 1.69. The summed E-state index contributed by atoms with van der Waals surface area (Å²) in [7, 11) is -3.24. The molecule has 6 nitrogen and oxygen atoms in total. The molecule has 1 aromatic heterocycles. The van der Waals surface area contributed by atoms with Crippen LogP contribution in [0.3, 0.4) is 0 Å². The van der Waals surface area contributed by atoms with Gasteiger partial charge in [-0.25, -0.2) is 13.1 Å². The average molecular weight is 383 g/mol. The molecule has 3 rings (SSSR count). The average Bonchev–Trinajstić information content (AvgIpc) is 2.94. The van der Waals surface area contributed by atoms with Gasteiger partial charge in [0.15, 0.2) is 9.84 Å². The van der Waals surface area contributed by atoms with Crippen molar-refractivity contribution in [2.45, 2.75) is 24.8 Å². The molecular weight excluding hydrogens is 362 g/mol. The van der Waals surface area contributed by atoms with E-state index in [4.69, 9.17) is 0 Å². The first-order chi connectivity index (χ1) is 12.8. The zero-order valence-electron chi connectivity index (χ0n) is 15.2. The molecule has 140 valence electrons. The molecule has 7 heteroatoms. The maximum absolute atomic E-state index is 12.4. The highest BCUT2D eigenvalue weighted by Crippen LogP contribution is 2.15. The molecular formula is C20H21N3O3S. The minimum Gasteiger partial charge on any atom is -0.311 e. The summed E-state index contributed by atoms with van der Waals surface area (Å²) in [6.07, 6.45) is 1.31. The molecule has 27 heavy (non-hydrogen) atoms. The number of carbonyl (C=O) groups is 1. The molecule has 0 aliphatic heterocycles. The highest BCUT2D eigenvalue weighted by molar-refractivity contribution is 7.90. The van der Waals surface area contributed by atoms with Crippen molar-refractivity contribution in [1.29, 1.82) is 0 Å². The van der Waals surface area contributed by atoms with E-state index >= 15 is 0 Å². The Morgan fingerprint density at radius 2 is 1.70 bits per heavy atom. The number of aryl methyl sites for hydroxylation is 1. The summed E-state index contributed by atoms with van der Waals surface area (Å²) >= 11 is 0. The smallest absolute Gasteiger partial charge is 0.229 e. The fraction of sp³-hybridized carbons (Fsp3) is 0.200. The molecule has 0 saturated carbocycles. The van der Waals surface area contributed by atoms with Crippen molar-refractivity contribution < 1.29 is 13.2 Å². The number of amides is 1. The normalized spacial score (nSPS) is 11.3. The summed E-state index contributed by atoms with van der Waals surface area (Å²) in [4.78, 5) is 12.6. The third kappa shape index (κ3) is 5.04. The van der Waals surface area contributed by atoms with Crippen LogP contribution >= 0.6 is 0 Å². The highest BCUT2D eigenvalue weighted by Gasteiger charge is 2.12. The number of carbonyl (C=O) groups excluding carboxylic acids is 1. The number of rotatable bonds is 6. The lowest BCUT2D eigenvalue weighted by atomic mass is 10.1. The summed E-state index contributed by atoms with van der Waals surface area (Å²) in [5.41, 5.74) is 2.65. The van der Waals surface area contributed by atoms with Crippen LogP contribution in [0.5, 0.6) is 0 Å². The number of benzene rings is 2. The van der Waals surface area contributed by atoms with Crippen molar-refractivity contribution in [3.63, 3.8) is 0 Å². The van der Waals surface area contributed by atoms with E-state index in [2.05, 4.69) is 10.4 Å². The van der Waals surface area contributed by atoms with Crippen molar-refractivity contribution in [3.8, 4) is 0 Å². The molecule has 3 aromatic rings. The lowest BCUT2D eigenvalue weighted by Crippen LogP contribution is -2.18. The molecule has 0 atom stereocenters. The molecule has 0 spiro atoms. The summed E-state index contributed by atoms with van der Waals surface area (Å²) in [5.74, 6) is 0.449. The molecule has 0 bridgehead atoms. The Hall–Kier alpha value is -2.93. The molecule has 2 aromatic carbocycles. The van der Waals surface area contributed by atoms with Gasteiger partial charge in [-0.1, -0.05) is 42.5 Å². The Kier molecular flexibility index (Phi) is 5.41. The fourth-order valence-corrected chi connectivity index (χ4v) is 3.38. The largest absolute Gasteiger partial charge is 0.311 e. The fourth-order valence-electron chi connectivity index (χ4n) is 2.75. The Morgan fingerprint density at radius 1 is 1.04 bits per heavy atom. The number of anilines is 1. The summed E-state index contributed by atoms with van der Waals surface area (Å²) < 4.78 is 24.8. The van der Waals surface area contributed by atoms with Crippen LogP contribution in [0.15, 0.2) is 65.6 Å². The van der Waals surface area contributed by atoms with Crippen LogP contribution in [-0.4, -0.2) is 30.4 Å². The van der Waals surface area contributed by atoms with Crippen LogP contribution in [0.25, 0.3) is 0 Å². The third-order valence-corrected chi connectivity index (χ3v) is 5.19. The van der Waals surface area contributed by atoms with Crippen LogP contribution in [0, 0.1) is 6.92 Å². The Labute approximate surface area is 158 Å². The lowest BCUT2D eigenvalue weighted by Gasteiger charge is -2.09. The van der Waals surface area contributed by atoms with E-state index in [0.29, 0.717) is 12.4 Å². The summed E-state index contributed by atoms with van der Waals surface area (Å²) in [6, 6.07) is 18.1. The quantitative estimate of drug-likeness (QED) is 0.710. The van der Waals surface area contributed by atoms with Crippen LogP contribution in [-0.2, 0) is 27.6 Å². The van der Waals surface area contributed by atoms with Gasteiger partial charge in [0.25, 0.3) is 0 Å². The van der Waals surface area contributed by atoms with Crippen LogP contribution in [0.2, 0.25) is 0 Å². The van der Waals surface area contributed by atoms with Gasteiger partial charge in [-0.3, -0.25) is 4.79 Å². The van der Waals surface area contributed by atoms with Gasteiger partial charge in [0.05, 0.1) is 23.6 Å². The van der Waals surface area contributed by atoms with Crippen molar-refractivity contribution in [3.05, 3.63) is 77.5 Å². The van der Waals surface area contributed by atoms with Gasteiger partial charge in [-0.15, -0.1) is 0 Å². The zero-order chi connectivity index (χ0) is 19.4. The first-order valence-electron chi connectivity index (χ1n) is 8.48. The number of nitrogens with one attached hydrogen (secondary N) is 1. The standard InChI is InChI=1S/C20H21N3O3S/c1-15-12-19(23(22-15)14-17-6-4-3-5-7-17)21-20(24)13-16-8-10-18(11-9-16)27(2,25)26/h3-12H,13-14H2,1-2H3,(H,21,24). The van der Waals surface area contributed by atoms with Gasteiger partial charge in [-0.05, 0) is 30.2 Å². The van der Waals surface area contributed by atoms with E-state index in [-0.39, 0.29) is 17.2 Å². The van der Waals surface area contributed by atoms with Crippen molar-refractivity contribution in [2.24, 2.45) is 0 Å². The minimum atomic E-state index is -3.24. The maximum atomic E-state index is 12.4. The topological polar surface area (TPSA) is 81.1 Å². The Bertz CT molecular complexity index is 1040. The summed E-state index contributed by atoms with van der Waals surface area (Å²) in [5, 5.41) is 7.33.